The van der Waals surface area contributed by atoms with Crippen molar-refractivity contribution in [2.24, 2.45) is 17.8 Å². The van der Waals surface area contributed by atoms with Crippen molar-refractivity contribution in [3.05, 3.63) is 0 Å². The van der Waals surface area contributed by atoms with Crippen molar-refractivity contribution in [3.63, 3.8) is 0 Å². The highest BCUT2D eigenvalue weighted by molar-refractivity contribution is 5.71. The van der Waals surface area contributed by atoms with E-state index in [9.17, 15) is 14.4 Å². The van der Waals surface area contributed by atoms with Crippen LogP contribution < -0.4 is 0 Å². The second kappa shape index (κ2) is 44.5. The molecule has 0 aliphatic rings. The molecule has 0 aromatic carbocycles. The third-order valence-electron chi connectivity index (χ3n) is 11.9. The van der Waals surface area contributed by atoms with Crippen LogP contribution in [0.5, 0.6) is 0 Å². The Morgan fingerprint density at radius 1 is 0.288 bits per heavy atom. The molecule has 0 fully saturated rings. The van der Waals surface area contributed by atoms with Gasteiger partial charge in [-0.2, -0.15) is 0 Å². The molecule has 0 aromatic heterocycles. The molecular formula is C53H102O6. The average molecular weight is 835 g/mol. The van der Waals surface area contributed by atoms with Gasteiger partial charge in [0.15, 0.2) is 6.10 Å². The van der Waals surface area contributed by atoms with Gasteiger partial charge in [0.1, 0.15) is 13.2 Å². The number of hydrogen-bond acceptors (Lipinski definition) is 6. The molecule has 0 heterocycles. The van der Waals surface area contributed by atoms with Gasteiger partial charge in [-0.3, -0.25) is 14.4 Å². The zero-order chi connectivity index (χ0) is 43.4. The number of ether oxygens (including phenoxy) is 3. The zero-order valence-electron chi connectivity index (χ0n) is 40.5. The quantitative estimate of drug-likeness (QED) is 0.0345. The molecule has 0 amide bonds. The molecule has 0 aromatic rings. The second-order valence-corrected chi connectivity index (χ2v) is 19.6. The highest BCUT2D eigenvalue weighted by Gasteiger charge is 2.19. The summed E-state index contributed by atoms with van der Waals surface area (Å²) in [6, 6.07) is 0. The molecule has 0 saturated carbocycles. The normalized spacial score (nSPS) is 12.2. The molecule has 0 saturated heterocycles. The predicted octanol–water partition coefficient (Wildman–Crippen LogP) is 16.8. The summed E-state index contributed by atoms with van der Waals surface area (Å²) in [5.41, 5.74) is 0. The van der Waals surface area contributed by atoms with Gasteiger partial charge in [-0.15, -0.1) is 0 Å². The molecule has 0 radical (unpaired) electrons. The zero-order valence-corrected chi connectivity index (χ0v) is 40.5. The third kappa shape index (κ3) is 47.3. The smallest absolute Gasteiger partial charge is 0.306 e. The van der Waals surface area contributed by atoms with Gasteiger partial charge in [0.05, 0.1) is 0 Å². The molecule has 6 nitrogen and oxygen atoms in total. The van der Waals surface area contributed by atoms with Crippen LogP contribution in [0.4, 0.5) is 0 Å². The Kier molecular flexibility index (Phi) is 43.3. The first kappa shape index (κ1) is 57.4. The van der Waals surface area contributed by atoms with E-state index in [-0.39, 0.29) is 31.1 Å². The standard InChI is InChI=1S/C53H102O6/c1-47(2)39-33-27-21-17-13-9-7-8-10-16-20-24-32-38-44-53(56)59-50(46-58-52(55)43-37-31-26-25-29-35-41-49(5)6)45-57-51(54)42-36-30-23-19-15-12-11-14-18-22-28-34-40-48(3)4/h47-50H,7-46H2,1-6H3/t50-/m0/s1. The Labute approximate surface area is 368 Å². The fourth-order valence-corrected chi connectivity index (χ4v) is 7.94. The Balaban J connectivity index is 4.27. The van der Waals surface area contributed by atoms with Crippen LogP contribution in [0.2, 0.25) is 0 Å². The molecular weight excluding hydrogens is 733 g/mol. The van der Waals surface area contributed by atoms with E-state index < -0.39 is 6.10 Å². The lowest BCUT2D eigenvalue weighted by Crippen LogP contribution is -2.30. The minimum Gasteiger partial charge on any atom is -0.462 e. The van der Waals surface area contributed by atoms with Crippen LogP contribution in [0.25, 0.3) is 0 Å². The van der Waals surface area contributed by atoms with Gasteiger partial charge >= 0.3 is 17.9 Å². The Hall–Kier alpha value is -1.59. The fourth-order valence-electron chi connectivity index (χ4n) is 7.94. The molecule has 6 heteroatoms. The van der Waals surface area contributed by atoms with Gasteiger partial charge in [0, 0.05) is 19.3 Å². The number of carbonyl (C=O) groups excluding carboxylic acids is 3. The van der Waals surface area contributed by atoms with E-state index in [1.54, 1.807) is 0 Å². The van der Waals surface area contributed by atoms with E-state index in [1.165, 1.54) is 167 Å². The van der Waals surface area contributed by atoms with E-state index in [2.05, 4.69) is 41.5 Å². The topological polar surface area (TPSA) is 78.9 Å². The van der Waals surface area contributed by atoms with Crippen molar-refractivity contribution in [2.75, 3.05) is 13.2 Å². The van der Waals surface area contributed by atoms with Crippen LogP contribution in [-0.4, -0.2) is 37.2 Å². The number of esters is 3. The molecule has 0 N–H and O–H groups in total. The monoisotopic (exact) mass is 835 g/mol. The minimum absolute atomic E-state index is 0.0652. The molecule has 0 unspecified atom stereocenters. The van der Waals surface area contributed by atoms with Gasteiger partial charge in [-0.1, -0.05) is 247 Å². The van der Waals surface area contributed by atoms with Crippen molar-refractivity contribution in [1.82, 2.24) is 0 Å². The Bertz CT molecular complexity index is 914. The van der Waals surface area contributed by atoms with Crippen molar-refractivity contribution >= 4 is 17.9 Å². The lowest BCUT2D eigenvalue weighted by Gasteiger charge is -2.18. The first-order valence-corrected chi connectivity index (χ1v) is 26.1. The SMILES string of the molecule is CC(C)CCCCCCCCCCCCCCCCC(=O)O[C@@H](COC(=O)CCCCCCCCCCCCCCC(C)C)COC(=O)CCCCCCCCC(C)C. The summed E-state index contributed by atoms with van der Waals surface area (Å²) >= 11 is 0. The van der Waals surface area contributed by atoms with Gasteiger partial charge < -0.3 is 14.2 Å². The molecule has 0 aliphatic heterocycles. The molecule has 350 valence electrons. The largest absolute Gasteiger partial charge is 0.462 e. The summed E-state index contributed by atoms with van der Waals surface area (Å²) in [7, 11) is 0. The van der Waals surface area contributed by atoms with Crippen LogP contribution in [0.3, 0.4) is 0 Å². The van der Waals surface area contributed by atoms with E-state index in [1.807, 2.05) is 0 Å². The maximum Gasteiger partial charge on any atom is 0.306 e. The maximum atomic E-state index is 12.8. The van der Waals surface area contributed by atoms with Crippen LogP contribution in [-0.2, 0) is 28.6 Å². The van der Waals surface area contributed by atoms with E-state index in [0.29, 0.717) is 19.3 Å². The fraction of sp³-hybridized carbons (Fsp3) is 0.943. The van der Waals surface area contributed by atoms with Gasteiger partial charge in [0.25, 0.3) is 0 Å². The van der Waals surface area contributed by atoms with Gasteiger partial charge in [0.2, 0.25) is 0 Å². The highest BCUT2D eigenvalue weighted by atomic mass is 16.6. The van der Waals surface area contributed by atoms with Crippen LogP contribution in [0, 0.1) is 17.8 Å². The highest BCUT2D eigenvalue weighted by Crippen LogP contribution is 2.18. The lowest BCUT2D eigenvalue weighted by molar-refractivity contribution is -0.167. The number of rotatable bonds is 46. The van der Waals surface area contributed by atoms with E-state index >= 15 is 0 Å². The molecule has 0 bridgehead atoms. The van der Waals surface area contributed by atoms with Gasteiger partial charge in [-0.05, 0) is 37.0 Å². The summed E-state index contributed by atoms with van der Waals surface area (Å²) in [4.78, 5) is 37.9. The first-order valence-electron chi connectivity index (χ1n) is 26.1. The first-order chi connectivity index (χ1) is 28.6. The summed E-state index contributed by atoms with van der Waals surface area (Å²) in [5.74, 6) is 1.58. The van der Waals surface area contributed by atoms with Crippen LogP contribution in [0.15, 0.2) is 0 Å². The van der Waals surface area contributed by atoms with E-state index in [4.69, 9.17) is 14.2 Å². The molecule has 1 atom stereocenters. The van der Waals surface area contributed by atoms with E-state index in [0.717, 1.165) is 75.5 Å². The third-order valence-corrected chi connectivity index (χ3v) is 11.9. The molecule has 59 heavy (non-hydrogen) atoms. The second-order valence-electron chi connectivity index (χ2n) is 19.6. The molecule has 0 rings (SSSR count). The predicted molar refractivity (Wildman–Crippen MR) is 252 cm³/mol. The van der Waals surface area contributed by atoms with Crippen molar-refractivity contribution in [2.45, 2.75) is 292 Å². The minimum atomic E-state index is -0.763. The summed E-state index contributed by atoms with van der Waals surface area (Å²) in [6.07, 6.45) is 43.9. The lowest BCUT2D eigenvalue weighted by atomic mass is 10.0. The van der Waals surface area contributed by atoms with Crippen LogP contribution in [0.1, 0.15) is 286 Å². The van der Waals surface area contributed by atoms with Crippen molar-refractivity contribution in [3.8, 4) is 0 Å². The van der Waals surface area contributed by atoms with Crippen LogP contribution >= 0.6 is 0 Å². The van der Waals surface area contributed by atoms with Gasteiger partial charge in [-0.25, -0.2) is 0 Å². The van der Waals surface area contributed by atoms with Crippen molar-refractivity contribution < 1.29 is 28.6 Å². The maximum absolute atomic E-state index is 12.8. The number of carbonyl (C=O) groups is 3. The molecule has 0 aliphatic carbocycles. The Morgan fingerprint density at radius 3 is 0.729 bits per heavy atom. The number of unbranched alkanes of at least 4 members (excludes halogenated alkanes) is 29. The summed E-state index contributed by atoms with van der Waals surface area (Å²) in [5, 5.41) is 0. The average Bonchev–Trinajstić information content (AvgIpc) is 3.19. The summed E-state index contributed by atoms with van der Waals surface area (Å²) < 4.78 is 16.8. The number of hydrogen-bond donors (Lipinski definition) is 0. The van der Waals surface area contributed by atoms with Crippen molar-refractivity contribution in [1.29, 1.82) is 0 Å². The molecule has 0 spiro atoms. The summed E-state index contributed by atoms with van der Waals surface area (Å²) in [6.45, 7) is 13.7. The Morgan fingerprint density at radius 2 is 0.492 bits per heavy atom.